The summed E-state index contributed by atoms with van der Waals surface area (Å²) in [5.74, 6) is 1.07. The van der Waals surface area contributed by atoms with Crippen molar-refractivity contribution in [3.05, 3.63) is 12.7 Å². The van der Waals surface area contributed by atoms with E-state index < -0.39 is 0 Å². The second-order valence-electron chi connectivity index (χ2n) is 4.04. The fourth-order valence-corrected chi connectivity index (χ4v) is 1.37. The number of rotatable bonds is 5. The van der Waals surface area contributed by atoms with Gasteiger partial charge in [0.05, 0.1) is 13.2 Å². The Morgan fingerprint density at radius 3 is 2.42 bits per heavy atom. The van der Waals surface area contributed by atoms with Crippen molar-refractivity contribution in [3.8, 4) is 0 Å². The van der Waals surface area contributed by atoms with Crippen molar-refractivity contribution in [2.45, 2.75) is 20.8 Å². The van der Waals surface area contributed by atoms with Crippen LogP contribution < -0.4 is 0 Å². The van der Waals surface area contributed by atoms with Crippen LogP contribution in [0.4, 0.5) is 0 Å². The molecule has 0 saturated heterocycles. The summed E-state index contributed by atoms with van der Waals surface area (Å²) < 4.78 is 5.36. The molecule has 0 aromatic rings. The van der Waals surface area contributed by atoms with Crippen LogP contribution >= 0.6 is 11.6 Å². The molecule has 0 aliphatic carbocycles. The first-order chi connectivity index (χ1) is 5.52. The molecule has 1 unspecified atom stereocenters. The van der Waals surface area contributed by atoms with E-state index in [2.05, 4.69) is 27.4 Å². The van der Waals surface area contributed by atoms with Crippen molar-refractivity contribution in [2.75, 3.05) is 19.1 Å². The quantitative estimate of drug-likeness (QED) is 0.368. The highest BCUT2D eigenvalue weighted by molar-refractivity contribution is 6.18. The molecular weight excluding hydrogens is 172 g/mol. The van der Waals surface area contributed by atoms with Gasteiger partial charge in [-0.15, -0.1) is 18.2 Å². The Morgan fingerprint density at radius 1 is 1.50 bits per heavy atom. The number of ether oxygens (including phenoxy) is 1. The molecule has 0 aromatic heterocycles. The van der Waals surface area contributed by atoms with Crippen LogP contribution in [0, 0.1) is 11.3 Å². The Hall–Kier alpha value is -0.0100. The Balaban J connectivity index is 3.75. The summed E-state index contributed by atoms with van der Waals surface area (Å²) >= 11 is 5.83. The lowest BCUT2D eigenvalue weighted by Gasteiger charge is -2.28. The zero-order valence-corrected chi connectivity index (χ0v) is 9.03. The van der Waals surface area contributed by atoms with E-state index in [1.165, 1.54) is 0 Å². The fraction of sp³-hybridized carbons (Fsp3) is 0.800. The second-order valence-corrected chi connectivity index (χ2v) is 4.35. The molecule has 0 N–H and O–H groups in total. The van der Waals surface area contributed by atoms with E-state index in [1.807, 2.05) is 0 Å². The molecule has 1 atom stereocenters. The maximum absolute atomic E-state index is 5.83. The summed E-state index contributed by atoms with van der Waals surface area (Å²) in [5, 5.41) is 0. The number of halogens is 1. The molecule has 12 heavy (non-hydrogen) atoms. The minimum absolute atomic E-state index is 0.225. The van der Waals surface area contributed by atoms with E-state index in [-0.39, 0.29) is 5.41 Å². The summed E-state index contributed by atoms with van der Waals surface area (Å²) in [5.41, 5.74) is 0.225. The fourth-order valence-electron chi connectivity index (χ4n) is 0.820. The number of hydrogen-bond acceptors (Lipinski definition) is 1. The Kier molecular flexibility index (Phi) is 5.60. The van der Waals surface area contributed by atoms with Crippen LogP contribution in [0.15, 0.2) is 12.7 Å². The van der Waals surface area contributed by atoms with Crippen LogP contribution in [0.3, 0.4) is 0 Å². The molecular formula is C10H19ClO. The maximum Gasteiger partial charge on any atom is 0.0644 e. The topological polar surface area (TPSA) is 9.23 Å². The first-order valence-corrected chi connectivity index (χ1v) is 4.80. The van der Waals surface area contributed by atoms with Crippen LogP contribution in [-0.4, -0.2) is 19.1 Å². The van der Waals surface area contributed by atoms with Gasteiger partial charge in [0.2, 0.25) is 0 Å². The molecule has 0 aromatic carbocycles. The molecule has 0 radical (unpaired) electrons. The van der Waals surface area contributed by atoms with E-state index in [0.29, 0.717) is 18.4 Å². The third kappa shape index (κ3) is 4.78. The summed E-state index contributed by atoms with van der Waals surface area (Å²) in [6, 6.07) is 0. The predicted molar refractivity (Wildman–Crippen MR) is 54.7 cm³/mol. The molecule has 72 valence electrons. The molecule has 0 saturated carbocycles. The highest BCUT2D eigenvalue weighted by Gasteiger charge is 2.23. The van der Waals surface area contributed by atoms with E-state index in [9.17, 15) is 0 Å². The lowest BCUT2D eigenvalue weighted by Crippen LogP contribution is -2.26. The standard InChI is InChI=1S/C10H19ClO/c1-5-6-12-8-9(7-11)10(2,3)4/h5,9H,1,6-8H2,2-4H3. The van der Waals surface area contributed by atoms with Gasteiger partial charge >= 0.3 is 0 Å². The van der Waals surface area contributed by atoms with E-state index in [0.717, 1.165) is 6.61 Å². The first-order valence-electron chi connectivity index (χ1n) is 4.27. The van der Waals surface area contributed by atoms with Crippen molar-refractivity contribution in [2.24, 2.45) is 11.3 Å². The smallest absolute Gasteiger partial charge is 0.0644 e. The average Bonchev–Trinajstić information content (AvgIpc) is 1.95. The van der Waals surface area contributed by atoms with Crippen molar-refractivity contribution in [1.29, 1.82) is 0 Å². The van der Waals surface area contributed by atoms with Crippen molar-refractivity contribution >= 4 is 11.6 Å². The first kappa shape index (κ1) is 12.0. The highest BCUT2D eigenvalue weighted by atomic mass is 35.5. The van der Waals surface area contributed by atoms with E-state index in [4.69, 9.17) is 16.3 Å². The van der Waals surface area contributed by atoms with Crippen molar-refractivity contribution in [3.63, 3.8) is 0 Å². The number of alkyl halides is 1. The molecule has 0 heterocycles. The van der Waals surface area contributed by atoms with Crippen LogP contribution in [0.25, 0.3) is 0 Å². The molecule has 0 spiro atoms. The van der Waals surface area contributed by atoms with Gasteiger partial charge in [0.1, 0.15) is 0 Å². The zero-order chi connectivity index (χ0) is 9.61. The highest BCUT2D eigenvalue weighted by Crippen LogP contribution is 2.26. The lowest BCUT2D eigenvalue weighted by atomic mass is 9.82. The minimum atomic E-state index is 0.225. The molecule has 0 bridgehead atoms. The van der Waals surface area contributed by atoms with Gasteiger partial charge in [-0.25, -0.2) is 0 Å². The molecule has 2 heteroatoms. The summed E-state index contributed by atoms with van der Waals surface area (Å²) in [4.78, 5) is 0. The van der Waals surface area contributed by atoms with E-state index >= 15 is 0 Å². The normalized spacial score (nSPS) is 14.3. The number of hydrogen-bond donors (Lipinski definition) is 0. The SMILES string of the molecule is C=CCOCC(CCl)C(C)(C)C. The Labute approximate surface area is 80.8 Å². The van der Waals surface area contributed by atoms with Gasteiger partial charge in [-0.05, 0) is 5.41 Å². The zero-order valence-electron chi connectivity index (χ0n) is 8.27. The van der Waals surface area contributed by atoms with Gasteiger partial charge in [-0.2, -0.15) is 0 Å². The van der Waals surface area contributed by atoms with Crippen molar-refractivity contribution < 1.29 is 4.74 Å². The molecule has 0 fully saturated rings. The van der Waals surface area contributed by atoms with Crippen molar-refractivity contribution in [1.82, 2.24) is 0 Å². The van der Waals surface area contributed by atoms with Crippen LogP contribution in [0.1, 0.15) is 20.8 Å². The molecule has 0 amide bonds. The average molecular weight is 191 g/mol. The third-order valence-corrected chi connectivity index (χ3v) is 2.34. The Bertz CT molecular complexity index is 126. The third-order valence-electron chi connectivity index (χ3n) is 1.97. The van der Waals surface area contributed by atoms with Gasteiger partial charge in [0, 0.05) is 11.8 Å². The van der Waals surface area contributed by atoms with Gasteiger partial charge in [0.15, 0.2) is 0 Å². The predicted octanol–water partition coefficient (Wildman–Crippen LogP) is 3.09. The largest absolute Gasteiger partial charge is 0.377 e. The molecule has 0 rings (SSSR count). The minimum Gasteiger partial charge on any atom is -0.377 e. The van der Waals surface area contributed by atoms with Gasteiger partial charge in [0.25, 0.3) is 0 Å². The maximum atomic E-state index is 5.83. The summed E-state index contributed by atoms with van der Waals surface area (Å²) in [6.07, 6.45) is 1.76. The van der Waals surface area contributed by atoms with Crippen LogP contribution in [0.2, 0.25) is 0 Å². The monoisotopic (exact) mass is 190 g/mol. The lowest BCUT2D eigenvalue weighted by molar-refractivity contribution is 0.0825. The van der Waals surface area contributed by atoms with E-state index in [1.54, 1.807) is 6.08 Å². The van der Waals surface area contributed by atoms with Crippen LogP contribution in [0.5, 0.6) is 0 Å². The van der Waals surface area contributed by atoms with Gasteiger partial charge < -0.3 is 4.74 Å². The summed E-state index contributed by atoms with van der Waals surface area (Å²) in [7, 11) is 0. The Morgan fingerprint density at radius 2 is 2.08 bits per heavy atom. The van der Waals surface area contributed by atoms with Crippen LogP contribution in [-0.2, 0) is 4.74 Å². The molecule has 1 nitrogen and oxygen atoms in total. The molecule has 0 aliphatic heterocycles. The van der Waals surface area contributed by atoms with Gasteiger partial charge in [-0.3, -0.25) is 0 Å². The molecule has 0 aliphatic rings. The van der Waals surface area contributed by atoms with Gasteiger partial charge in [-0.1, -0.05) is 26.8 Å². The summed E-state index contributed by atoms with van der Waals surface area (Å²) in [6.45, 7) is 11.5. The second kappa shape index (κ2) is 5.60.